The van der Waals surface area contributed by atoms with E-state index in [2.05, 4.69) is 57.0 Å². The number of hydrogen-bond acceptors (Lipinski definition) is 7. The highest BCUT2D eigenvalue weighted by Crippen LogP contribution is 2.52. The minimum atomic E-state index is -0.350. The molecular formula is C36H40N2O5S. The fourth-order valence-electron chi connectivity index (χ4n) is 6.55. The smallest absolute Gasteiger partial charge is 0.290 e. The SMILES string of the molecule is Cc1c(C)c2c(c(C)c1OCc1ccccc1)C(CN1CCC[C@@H](Oc3ccc(/C=C4\SC(=O)NC4=O)cc3)C1)C(C)(C)O2. The summed E-state index contributed by atoms with van der Waals surface area (Å²) in [5.74, 6) is 2.63. The first-order valence-corrected chi connectivity index (χ1v) is 16.1. The van der Waals surface area contributed by atoms with Crippen molar-refractivity contribution < 1.29 is 23.8 Å². The van der Waals surface area contributed by atoms with Crippen LogP contribution in [0.5, 0.6) is 17.2 Å². The molecule has 8 heteroatoms. The van der Waals surface area contributed by atoms with Gasteiger partial charge in [-0.15, -0.1) is 0 Å². The van der Waals surface area contributed by atoms with E-state index in [0.29, 0.717) is 11.5 Å². The van der Waals surface area contributed by atoms with Crippen LogP contribution in [-0.4, -0.2) is 47.4 Å². The molecule has 0 bridgehead atoms. The maximum atomic E-state index is 11.9. The van der Waals surface area contributed by atoms with Gasteiger partial charge in [0.05, 0.1) is 4.91 Å². The van der Waals surface area contributed by atoms with E-state index in [1.54, 1.807) is 6.08 Å². The summed E-state index contributed by atoms with van der Waals surface area (Å²) in [7, 11) is 0. The van der Waals surface area contributed by atoms with Crippen molar-refractivity contribution in [1.29, 1.82) is 0 Å². The molecule has 2 amide bonds. The lowest BCUT2D eigenvalue weighted by atomic mass is 9.82. The quantitative estimate of drug-likeness (QED) is 0.267. The third kappa shape index (κ3) is 6.24. The summed E-state index contributed by atoms with van der Waals surface area (Å²) in [5.41, 5.74) is 6.39. The van der Waals surface area contributed by atoms with Crippen LogP contribution in [0.25, 0.3) is 6.08 Å². The number of amides is 2. The molecule has 3 aromatic rings. The van der Waals surface area contributed by atoms with Crippen LogP contribution in [0.1, 0.15) is 66.0 Å². The van der Waals surface area contributed by atoms with Gasteiger partial charge >= 0.3 is 0 Å². The van der Waals surface area contributed by atoms with Gasteiger partial charge in [0.2, 0.25) is 0 Å². The molecule has 3 heterocycles. The van der Waals surface area contributed by atoms with Crippen molar-refractivity contribution in [3.8, 4) is 17.2 Å². The molecule has 2 saturated heterocycles. The molecule has 3 aliphatic rings. The highest BCUT2D eigenvalue weighted by Gasteiger charge is 2.45. The Morgan fingerprint density at radius 1 is 1.02 bits per heavy atom. The van der Waals surface area contributed by atoms with Crippen molar-refractivity contribution in [1.82, 2.24) is 10.2 Å². The number of ether oxygens (including phenoxy) is 3. The zero-order valence-electron chi connectivity index (χ0n) is 26.1. The van der Waals surface area contributed by atoms with E-state index in [9.17, 15) is 9.59 Å². The van der Waals surface area contributed by atoms with Crippen LogP contribution in [0.3, 0.4) is 0 Å². The number of likely N-dealkylation sites (tertiary alicyclic amines) is 1. The zero-order chi connectivity index (χ0) is 31.0. The predicted molar refractivity (Wildman–Crippen MR) is 175 cm³/mol. The maximum Gasteiger partial charge on any atom is 0.290 e. The summed E-state index contributed by atoms with van der Waals surface area (Å²) in [5, 5.41) is 1.95. The number of fused-ring (bicyclic) bond motifs is 1. The van der Waals surface area contributed by atoms with Gasteiger partial charge in [-0.3, -0.25) is 19.8 Å². The third-order valence-corrected chi connectivity index (χ3v) is 9.85. The predicted octanol–water partition coefficient (Wildman–Crippen LogP) is 7.31. The number of piperidine rings is 1. The fourth-order valence-corrected chi connectivity index (χ4v) is 7.23. The number of nitrogens with zero attached hydrogens (tertiary/aromatic N) is 1. The van der Waals surface area contributed by atoms with Crippen molar-refractivity contribution in [2.45, 2.75) is 71.7 Å². The number of imide groups is 1. The molecule has 1 unspecified atom stereocenters. The molecule has 0 spiro atoms. The summed E-state index contributed by atoms with van der Waals surface area (Å²) < 4.78 is 19.6. The van der Waals surface area contributed by atoms with Crippen molar-refractivity contribution in [3.05, 3.63) is 92.9 Å². The summed E-state index contributed by atoms with van der Waals surface area (Å²) in [4.78, 5) is 26.2. The van der Waals surface area contributed by atoms with E-state index in [4.69, 9.17) is 14.2 Å². The van der Waals surface area contributed by atoms with E-state index in [1.165, 1.54) is 11.1 Å². The Morgan fingerprint density at radius 3 is 2.48 bits per heavy atom. The lowest BCUT2D eigenvalue weighted by Gasteiger charge is -2.37. The Kier molecular flexibility index (Phi) is 8.49. The summed E-state index contributed by atoms with van der Waals surface area (Å²) >= 11 is 0.923. The topological polar surface area (TPSA) is 77.1 Å². The van der Waals surface area contributed by atoms with Gasteiger partial charge in [-0.25, -0.2) is 0 Å². The largest absolute Gasteiger partial charge is 0.489 e. The van der Waals surface area contributed by atoms with Crippen LogP contribution in [0.2, 0.25) is 0 Å². The van der Waals surface area contributed by atoms with E-state index in [0.717, 1.165) is 83.7 Å². The van der Waals surface area contributed by atoms with Crippen LogP contribution >= 0.6 is 11.8 Å². The molecule has 1 N–H and O–H groups in total. The van der Waals surface area contributed by atoms with E-state index in [-0.39, 0.29) is 28.8 Å². The minimum absolute atomic E-state index is 0.0808. The van der Waals surface area contributed by atoms with Gasteiger partial charge < -0.3 is 14.2 Å². The normalized spacial score (nSPS) is 22.1. The average Bonchev–Trinajstić information content (AvgIpc) is 3.46. The Labute approximate surface area is 264 Å². The summed E-state index contributed by atoms with van der Waals surface area (Å²) in [6.45, 7) is 14.1. The van der Waals surface area contributed by atoms with Crippen LogP contribution in [-0.2, 0) is 11.4 Å². The van der Waals surface area contributed by atoms with Gasteiger partial charge in [0.15, 0.2) is 0 Å². The molecule has 3 aromatic carbocycles. The second-order valence-corrected chi connectivity index (χ2v) is 13.6. The minimum Gasteiger partial charge on any atom is -0.489 e. The molecule has 0 saturated carbocycles. The van der Waals surface area contributed by atoms with Crippen molar-refractivity contribution in [3.63, 3.8) is 0 Å². The maximum absolute atomic E-state index is 11.9. The van der Waals surface area contributed by atoms with Gasteiger partial charge in [0.25, 0.3) is 11.1 Å². The van der Waals surface area contributed by atoms with Crippen LogP contribution < -0.4 is 19.5 Å². The number of hydrogen-bond donors (Lipinski definition) is 1. The number of thioether (sulfide) groups is 1. The lowest BCUT2D eigenvalue weighted by molar-refractivity contribution is -0.115. The average molecular weight is 613 g/mol. The Morgan fingerprint density at radius 2 is 1.77 bits per heavy atom. The molecular weight excluding hydrogens is 572 g/mol. The monoisotopic (exact) mass is 612 g/mol. The number of nitrogens with one attached hydrogen (secondary N) is 1. The molecule has 44 heavy (non-hydrogen) atoms. The second kappa shape index (κ2) is 12.3. The number of carbonyl (C=O) groups is 2. The van der Waals surface area contributed by atoms with Gasteiger partial charge in [0.1, 0.15) is 35.6 Å². The lowest BCUT2D eigenvalue weighted by Crippen LogP contribution is -2.46. The molecule has 0 aliphatic carbocycles. The first-order valence-electron chi connectivity index (χ1n) is 15.3. The Hall–Kier alpha value is -3.75. The first-order chi connectivity index (χ1) is 21.1. The van der Waals surface area contributed by atoms with Crippen LogP contribution in [0.15, 0.2) is 59.5 Å². The second-order valence-electron chi connectivity index (χ2n) is 12.5. The first kappa shape index (κ1) is 30.3. The summed E-state index contributed by atoms with van der Waals surface area (Å²) in [6.07, 6.45) is 3.87. The van der Waals surface area contributed by atoms with E-state index >= 15 is 0 Å². The Bertz CT molecular complexity index is 1600. The standard InChI is InChI=1S/C36H40N2O5S/c1-22-23(2)33-31(24(3)32(22)41-21-26-10-7-6-8-11-26)29(36(4,5)43-33)20-38-17-9-12-28(19-38)42-27-15-13-25(14-16-27)18-30-34(39)37-35(40)44-30/h6-8,10-11,13-16,18,28-29H,9,12,17,19-21H2,1-5H3,(H,37,39,40)/b30-18-/t28-,29?/m1/s1. The number of carbonyl (C=O) groups excluding carboxylic acids is 2. The third-order valence-electron chi connectivity index (χ3n) is 9.04. The van der Waals surface area contributed by atoms with Crippen LogP contribution in [0, 0.1) is 20.8 Å². The molecule has 230 valence electrons. The molecule has 6 rings (SSSR count). The summed E-state index contributed by atoms with van der Waals surface area (Å²) in [6, 6.07) is 18.0. The van der Waals surface area contributed by atoms with Crippen molar-refractivity contribution >= 4 is 29.0 Å². The van der Waals surface area contributed by atoms with Gasteiger partial charge in [-0.1, -0.05) is 42.5 Å². The highest BCUT2D eigenvalue weighted by molar-refractivity contribution is 8.18. The molecule has 2 atom stereocenters. The van der Waals surface area contributed by atoms with E-state index < -0.39 is 0 Å². The fraction of sp³-hybridized carbons (Fsp3) is 0.389. The molecule has 7 nitrogen and oxygen atoms in total. The molecule has 0 aromatic heterocycles. The molecule has 2 fully saturated rings. The van der Waals surface area contributed by atoms with Gasteiger partial charge in [-0.2, -0.15) is 0 Å². The van der Waals surface area contributed by atoms with Crippen molar-refractivity contribution in [2.24, 2.45) is 0 Å². The van der Waals surface area contributed by atoms with Gasteiger partial charge in [-0.05, 0) is 112 Å². The highest BCUT2D eigenvalue weighted by atomic mass is 32.2. The Balaban J connectivity index is 1.15. The van der Waals surface area contributed by atoms with Crippen LogP contribution in [0.4, 0.5) is 4.79 Å². The molecule has 0 radical (unpaired) electrons. The van der Waals surface area contributed by atoms with Gasteiger partial charge in [0, 0.05) is 24.6 Å². The number of rotatable bonds is 8. The van der Waals surface area contributed by atoms with Crippen molar-refractivity contribution in [2.75, 3.05) is 19.6 Å². The van der Waals surface area contributed by atoms with E-state index in [1.807, 2.05) is 42.5 Å². The zero-order valence-corrected chi connectivity index (χ0v) is 26.9. The number of benzene rings is 3. The molecule has 3 aliphatic heterocycles.